The van der Waals surface area contributed by atoms with E-state index in [4.69, 9.17) is 0 Å². The number of anilines is 2. The number of nitrogens with one attached hydrogen (secondary N) is 5. The number of hydrogen-bond acceptors (Lipinski definition) is 6. The van der Waals surface area contributed by atoms with Crippen LogP contribution >= 0.6 is 8.58 Å². The largest absolute Gasteiger partial charge is 0.361 e. The monoisotopic (exact) mass is 423 g/mol. The average Bonchev–Trinajstić information content (AvgIpc) is 3.55. The number of allylic oxidation sites excluding steroid dienone is 1. The third-order valence-electron chi connectivity index (χ3n) is 5.24. The summed E-state index contributed by atoms with van der Waals surface area (Å²) < 4.78 is 0. The Morgan fingerprint density at radius 2 is 2.13 bits per heavy atom. The Bertz CT molecular complexity index is 994. The lowest BCUT2D eigenvalue weighted by molar-refractivity contribution is 0.601. The zero-order valence-corrected chi connectivity index (χ0v) is 18.5. The van der Waals surface area contributed by atoms with Crippen LogP contribution in [-0.4, -0.2) is 32.9 Å². The summed E-state index contributed by atoms with van der Waals surface area (Å²) in [7, 11) is 1.03. The topological polar surface area (TPSA) is 89.7 Å². The molecule has 1 saturated heterocycles. The minimum absolute atomic E-state index is 0.0387. The molecule has 5 N–H and O–H groups in total. The summed E-state index contributed by atoms with van der Waals surface area (Å²) in [5.74, 6) is 1.41. The Labute approximate surface area is 179 Å². The van der Waals surface area contributed by atoms with E-state index in [0.717, 1.165) is 19.9 Å². The maximum absolute atomic E-state index is 4.61. The van der Waals surface area contributed by atoms with Gasteiger partial charge in [0.25, 0.3) is 0 Å². The molecule has 7 nitrogen and oxygen atoms in total. The number of nitrogens with zero attached hydrogens (tertiary/aromatic N) is 2. The lowest BCUT2D eigenvalue weighted by atomic mass is 10.1. The second kappa shape index (κ2) is 9.92. The second-order valence-corrected chi connectivity index (χ2v) is 8.74. The highest BCUT2D eigenvalue weighted by Crippen LogP contribution is 2.37. The van der Waals surface area contributed by atoms with Crippen molar-refractivity contribution in [1.82, 2.24) is 25.8 Å². The molecule has 2 aliphatic rings. The lowest BCUT2D eigenvalue weighted by Gasteiger charge is -2.13. The first-order valence-corrected chi connectivity index (χ1v) is 12.0. The fourth-order valence-electron chi connectivity index (χ4n) is 3.82. The third-order valence-corrected chi connectivity index (χ3v) is 6.97. The molecular formula is C22H30N7P. The SMILES string of the molecule is C1=C(C2CCCP2)NNC1Nc1ccnc(NCc2cccc3[nH]ccc23)n1.CC. The fraction of sp³-hybridized carbons (Fsp3) is 0.364. The average molecular weight is 424 g/mol. The maximum Gasteiger partial charge on any atom is 0.224 e. The van der Waals surface area contributed by atoms with Gasteiger partial charge in [0.05, 0.1) is 0 Å². The smallest absolute Gasteiger partial charge is 0.224 e. The van der Waals surface area contributed by atoms with E-state index < -0.39 is 0 Å². The number of aromatic amines is 1. The molecule has 1 fully saturated rings. The summed E-state index contributed by atoms with van der Waals surface area (Å²) in [6.07, 6.45) is 10.0. The van der Waals surface area contributed by atoms with E-state index in [1.807, 2.05) is 26.1 Å². The predicted octanol–water partition coefficient (Wildman–Crippen LogP) is 4.17. The van der Waals surface area contributed by atoms with Crippen molar-refractivity contribution in [2.45, 2.75) is 45.1 Å². The molecule has 2 aromatic heterocycles. The Hall–Kier alpha value is -2.63. The standard InChI is InChI=1S/C20H24N7P.C2H6/c1-3-13(14-6-8-21-15(14)4-1)12-23-20-22-9-7-18(25-20)24-19-11-16(26-27-19)17-5-2-10-28-17;1-2/h1,3-4,6-9,11,17,19,21,26-28H,2,5,10,12H2,(H2,22,23,24,25);1-2H3. The summed E-state index contributed by atoms with van der Waals surface area (Å²) >= 11 is 0. The molecule has 8 heteroatoms. The normalized spacial score (nSPS) is 21.1. The molecule has 0 radical (unpaired) electrons. The zero-order valence-electron chi connectivity index (χ0n) is 17.5. The van der Waals surface area contributed by atoms with E-state index in [9.17, 15) is 0 Å². The van der Waals surface area contributed by atoms with Crippen LogP contribution in [0.4, 0.5) is 11.8 Å². The summed E-state index contributed by atoms with van der Waals surface area (Å²) in [6.45, 7) is 4.68. The van der Waals surface area contributed by atoms with Crippen LogP contribution in [0.15, 0.2) is 54.5 Å². The highest BCUT2D eigenvalue weighted by molar-refractivity contribution is 7.39. The molecule has 0 bridgehead atoms. The van der Waals surface area contributed by atoms with Gasteiger partial charge in [0, 0.05) is 41.2 Å². The molecule has 4 heterocycles. The minimum atomic E-state index is 0.0387. The molecule has 3 atom stereocenters. The molecule has 0 saturated carbocycles. The van der Waals surface area contributed by atoms with Crippen LogP contribution in [0.3, 0.4) is 0 Å². The molecule has 2 aliphatic heterocycles. The molecule has 0 spiro atoms. The molecule has 1 aromatic carbocycles. The van der Waals surface area contributed by atoms with Crippen molar-refractivity contribution in [2.24, 2.45) is 0 Å². The highest BCUT2D eigenvalue weighted by atomic mass is 31.1. The van der Waals surface area contributed by atoms with Crippen LogP contribution in [-0.2, 0) is 6.54 Å². The first kappa shape index (κ1) is 20.6. The summed E-state index contributed by atoms with van der Waals surface area (Å²) in [5, 5.41) is 7.97. The van der Waals surface area contributed by atoms with Crippen LogP contribution in [0.25, 0.3) is 10.9 Å². The second-order valence-electron chi connectivity index (χ2n) is 7.14. The van der Waals surface area contributed by atoms with Gasteiger partial charge in [-0.3, -0.25) is 0 Å². The van der Waals surface area contributed by atoms with Crippen molar-refractivity contribution in [3.63, 3.8) is 0 Å². The number of fused-ring (bicyclic) bond motifs is 1. The number of aromatic nitrogens is 3. The Morgan fingerprint density at radius 3 is 3.00 bits per heavy atom. The molecule has 3 unspecified atom stereocenters. The first-order chi connectivity index (χ1) is 14.8. The predicted molar refractivity (Wildman–Crippen MR) is 127 cm³/mol. The number of H-pyrrole nitrogens is 1. The first-order valence-electron chi connectivity index (χ1n) is 10.7. The molecule has 30 heavy (non-hydrogen) atoms. The highest BCUT2D eigenvalue weighted by Gasteiger charge is 2.24. The maximum atomic E-state index is 4.61. The fourth-order valence-corrected chi connectivity index (χ4v) is 5.37. The quantitative estimate of drug-likeness (QED) is 0.383. The van der Waals surface area contributed by atoms with Gasteiger partial charge in [-0.1, -0.05) is 26.0 Å². The van der Waals surface area contributed by atoms with Crippen molar-refractivity contribution in [3.8, 4) is 0 Å². The van der Waals surface area contributed by atoms with E-state index >= 15 is 0 Å². The van der Waals surface area contributed by atoms with Crippen LogP contribution in [0.5, 0.6) is 0 Å². The van der Waals surface area contributed by atoms with E-state index in [2.05, 4.69) is 66.8 Å². The van der Waals surface area contributed by atoms with Crippen LogP contribution in [0.2, 0.25) is 0 Å². The molecular weight excluding hydrogens is 393 g/mol. The molecule has 5 rings (SSSR count). The van der Waals surface area contributed by atoms with E-state index in [-0.39, 0.29) is 6.17 Å². The van der Waals surface area contributed by atoms with Crippen molar-refractivity contribution in [1.29, 1.82) is 0 Å². The number of hydrazine groups is 1. The van der Waals surface area contributed by atoms with Gasteiger partial charge in [0.2, 0.25) is 5.95 Å². The number of benzene rings is 1. The molecule has 0 amide bonds. The lowest BCUT2D eigenvalue weighted by Crippen LogP contribution is -2.38. The van der Waals surface area contributed by atoms with Gasteiger partial charge in [-0.05, 0) is 48.8 Å². The van der Waals surface area contributed by atoms with Gasteiger partial charge in [0.15, 0.2) is 0 Å². The van der Waals surface area contributed by atoms with Gasteiger partial charge in [-0.15, -0.1) is 8.58 Å². The van der Waals surface area contributed by atoms with E-state index in [1.165, 1.54) is 35.7 Å². The van der Waals surface area contributed by atoms with Gasteiger partial charge in [0.1, 0.15) is 12.0 Å². The molecule has 158 valence electrons. The van der Waals surface area contributed by atoms with E-state index in [0.29, 0.717) is 18.2 Å². The van der Waals surface area contributed by atoms with Crippen LogP contribution in [0, 0.1) is 0 Å². The Kier molecular flexibility index (Phi) is 6.82. The number of hydrogen-bond donors (Lipinski definition) is 5. The van der Waals surface area contributed by atoms with Gasteiger partial charge >= 0.3 is 0 Å². The molecule has 3 aromatic rings. The van der Waals surface area contributed by atoms with Gasteiger partial charge in [-0.2, -0.15) is 4.98 Å². The third kappa shape index (κ3) is 4.74. The Morgan fingerprint density at radius 1 is 1.20 bits per heavy atom. The van der Waals surface area contributed by atoms with Crippen molar-refractivity contribution < 1.29 is 0 Å². The summed E-state index contributed by atoms with van der Waals surface area (Å²) in [6, 6.07) is 10.2. The van der Waals surface area contributed by atoms with Gasteiger partial charge < -0.3 is 21.0 Å². The summed E-state index contributed by atoms with van der Waals surface area (Å²) in [4.78, 5) is 12.2. The van der Waals surface area contributed by atoms with Gasteiger partial charge in [-0.25, -0.2) is 10.4 Å². The molecule has 0 aliphatic carbocycles. The van der Waals surface area contributed by atoms with Crippen molar-refractivity contribution in [2.75, 3.05) is 16.8 Å². The van der Waals surface area contributed by atoms with E-state index in [1.54, 1.807) is 6.20 Å². The number of rotatable bonds is 6. The Balaban J connectivity index is 0.00000106. The van der Waals surface area contributed by atoms with Crippen molar-refractivity contribution >= 4 is 31.2 Å². The summed E-state index contributed by atoms with van der Waals surface area (Å²) in [5.41, 5.74) is 11.0. The van der Waals surface area contributed by atoms with Crippen LogP contribution < -0.4 is 21.5 Å². The van der Waals surface area contributed by atoms with Crippen LogP contribution in [0.1, 0.15) is 32.3 Å². The zero-order chi connectivity index (χ0) is 20.8. The minimum Gasteiger partial charge on any atom is -0.361 e. The van der Waals surface area contributed by atoms with Crippen molar-refractivity contribution in [3.05, 3.63) is 60.1 Å².